The fourth-order valence-corrected chi connectivity index (χ4v) is 7.11. The molecular formula is C31H30ClFN8O2S2. The maximum atomic E-state index is 13.2. The number of ether oxygens (including phenoxy) is 1. The zero-order valence-electron chi connectivity index (χ0n) is 24.1. The number of piperazine rings is 1. The van der Waals surface area contributed by atoms with Crippen molar-refractivity contribution in [3.8, 4) is 0 Å². The van der Waals surface area contributed by atoms with Crippen LogP contribution in [0.25, 0.3) is 21.9 Å². The molecule has 2 aliphatic heterocycles. The molecule has 2 aliphatic rings. The normalized spacial score (nSPS) is 16.3. The number of aromatic nitrogens is 3. The van der Waals surface area contributed by atoms with Crippen LogP contribution >= 0.6 is 23.8 Å². The molecule has 14 heteroatoms. The van der Waals surface area contributed by atoms with E-state index in [4.69, 9.17) is 33.5 Å². The third-order valence-corrected chi connectivity index (χ3v) is 9.81. The SMILES string of the molecule is O=S(Nc1ccc(F)cc1)c1ccc(NC(=S)N2CCN(c3ncnc4[nH]c5cc(Cl)c(N6CCOCC6)cc5c34)CC2)cc1. The zero-order valence-corrected chi connectivity index (χ0v) is 26.5. The van der Waals surface area contributed by atoms with Gasteiger partial charge in [-0.15, -0.1) is 0 Å². The van der Waals surface area contributed by atoms with Gasteiger partial charge in [-0.1, -0.05) is 11.6 Å². The van der Waals surface area contributed by atoms with Gasteiger partial charge in [0.15, 0.2) is 5.11 Å². The summed E-state index contributed by atoms with van der Waals surface area (Å²) in [6, 6.07) is 17.1. The number of hydrogen-bond donors (Lipinski definition) is 3. The first-order chi connectivity index (χ1) is 21.9. The number of nitrogens with one attached hydrogen (secondary N) is 3. The lowest BCUT2D eigenvalue weighted by molar-refractivity contribution is 0.122. The molecule has 0 spiro atoms. The van der Waals surface area contributed by atoms with Crippen LogP contribution in [0.4, 0.5) is 27.3 Å². The Hall–Kier alpha value is -4.04. The van der Waals surface area contributed by atoms with Gasteiger partial charge < -0.3 is 34.5 Å². The first-order valence-corrected chi connectivity index (χ1v) is 16.5. The van der Waals surface area contributed by atoms with Gasteiger partial charge in [0.1, 0.15) is 34.6 Å². The standard InChI is InChI=1S/C31H30ClFN8O2S2/c32-25-18-26-24(17-27(25)39-13-15-43-16-14-39)28-29(37-26)34-19-35-30(28)40-9-11-41(12-10-40)31(44)36-21-5-7-23(8-6-21)45(42)38-22-3-1-20(33)2-4-22/h1-8,17-19,38H,9-16H2,(H,36,44)(H,34,35,37). The molecule has 2 saturated heterocycles. The van der Waals surface area contributed by atoms with E-state index in [9.17, 15) is 8.60 Å². The maximum Gasteiger partial charge on any atom is 0.173 e. The summed E-state index contributed by atoms with van der Waals surface area (Å²) in [5.74, 6) is 0.543. The van der Waals surface area contributed by atoms with Crippen LogP contribution in [0.3, 0.4) is 0 Å². The molecule has 0 radical (unpaired) electrons. The van der Waals surface area contributed by atoms with Gasteiger partial charge in [-0.3, -0.25) is 0 Å². The molecule has 3 N–H and O–H groups in total. The Bertz CT molecular complexity index is 1880. The number of fused-ring (bicyclic) bond motifs is 3. The van der Waals surface area contributed by atoms with Gasteiger partial charge in [0, 0.05) is 61.5 Å². The summed E-state index contributed by atoms with van der Waals surface area (Å²) in [5, 5.41) is 6.65. The van der Waals surface area contributed by atoms with E-state index in [0.29, 0.717) is 47.0 Å². The molecule has 232 valence electrons. The number of morpholine rings is 1. The van der Waals surface area contributed by atoms with Crippen molar-refractivity contribution in [1.29, 1.82) is 0 Å². The molecular weight excluding hydrogens is 635 g/mol. The molecule has 2 fully saturated rings. The molecule has 1 unspecified atom stereocenters. The number of aromatic amines is 1. The Morgan fingerprint density at radius 1 is 0.933 bits per heavy atom. The summed E-state index contributed by atoms with van der Waals surface area (Å²) in [5.41, 5.74) is 4.08. The van der Waals surface area contributed by atoms with Crippen LogP contribution in [0.5, 0.6) is 0 Å². The smallest absolute Gasteiger partial charge is 0.173 e. The lowest BCUT2D eigenvalue weighted by Crippen LogP contribution is -2.50. The lowest BCUT2D eigenvalue weighted by atomic mass is 10.1. The second-order valence-electron chi connectivity index (χ2n) is 10.8. The average molecular weight is 665 g/mol. The van der Waals surface area contributed by atoms with Gasteiger partial charge in [0.05, 0.1) is 34.2 Å². The third kappa shape index (κ3) is 6.25. The Kier molecular flexibility index (Phi) is 8.41. The number of benzene rings is 3. The van der Waals surface area contributed by atoms with Crippen LogP contribution in [-0.2, 0) is 15.7 Å². The monoisotopic (exact) mass is 664 g/mol. The third-order valence-electron chi connectivity index (χ3n) is 8.03. The van der Waals surface area contributed by atoms with Crippen molar-refractivity contribution >= 4 is 84.7 Å². The van der Waals surface area contributed by atoms with Crippen molar-refractivity contribution in [2.24, 2.45) is 0 Å². The largest absolute Gasteiger partial charge is 0.378 e. The first-order valence-electron chi connectivity index (χ1n) is 14.6. The molecule has 45 heavy (non-hydrogen) atoms. The van der Waals surface area contributed by atoms with Gasteiger partial charge in [-0.2, -0.15) is 0 Å². The van der Waals surface area contributed by atoms with Gasteiger partial charge in [-0.05, 0) is 72.9 Å². The summed E-state index contributed by atoms with van der Waals surface area (Å²) in [4.78, 5) is 19.9. The van der Waals surface area contributed by atoms with Gasteiger partial charge >= 0.3 is 0 Å². The van der Waals surface area contributed by atoms with E-state index in [1.165, 1.54) is 12.1 Å². The molecule has 0 saturated carbocycles. The molecule has 0 amide bonds. The van der Waals surface area contributed by atoms with E-state index in [2.05, 4.69) is 40.8 Å². The molecule has 0 aliphatic carbocycles. The average Bonchev–Trinajstić information content (AvgIpc) is 3.43. The molecule has 2 aromatic heterocycles. The minimum absolute atomic E-state index is 0.344. The van der Waals surface area contributed by atoms with E-state index >= 15 is 0 Å². The highest BCUT2D eigenvalue weighted by atomic mass is 35.5. The molecule has 1 atom stereocenters. The van der Waals surface area contributed by atoms with E-state index in [1.807, 2.05) is 18.2 Å². The first kappa shape index (κ1) is 29.7. The summed E-state index contributed by atoms with van der Waals surface area (Å²) < 4.78 is 34.3. The Morgan fingerprint density at radius 3 is 2.38 bits per heavy atom. The predicted octanol–water partition coefficient (Wildman–Crippen LogP) is 5.39. The van der Waals surface area contributed by atoms with E-state index < -0.39 is 11.0 Å². The Morgan fingerprint density at radius 2 is 1.64 bits per heavy atom. The number of thiocarbonyl (C=S) groups is 1. The van der Waals surface area contributed by atoms with E-state index in [1.54, 1.807) is 30.6 Å². The Balaban J connectivity index is 1.01. The zero-order chi connectivity index (χ0) is 30.9. The molecule has 3 aromatic carbocycles. The van der Waals surface area contributed by atoms with Crippen LogP contribution in [0.15, 0.2) is 71.9 Å². The van der Waals surface area contributed by atoms with Crippen molar-refractivity contribution in [2.45, 2.75) is 4.90 Å². The minimum atomic E-state index is -1.48. The number of rotatable bonds is 6. The van der Waals surface area contributed by atoms with Crippen molar-refractivity contribution in [1.82, 2.24) is 19.9 Å². The quantitative estimate of drug-likeness (QED) is 0.206. The molecule has 5 aromatic rings. The number of H-pyrrole nitrogens is 1. The molecule has 4 heterocycles. The fraction of sp³-hybridized carbons (Fsp3) is 0.258. The predicted molar refractivity (Wildman–Crippen MR) is 182 cm³/mol. The van der Waals surface area contributed by atoms with Crippen molar-refractivity contribution in [3.63, 3.8) is 0 Å². The van der Waals surface area contributed by atoms with Crippen molar-refractivity contribution < 1.29 is 13.3 Å². The summed E-state index contributed by atoms with van der Waals surface area (Å²) in [6.45, 7) is 5.86. The van der Waals surface area contributed by atoms with Crippen LogP contribution in [0.1, 0.15) is 0 Å². The van der Waals surface area contributed by atoms with Crippen LogP contribution < -0.4 is 19.8 Å². The summed E-state index contributed by atoms with van der Waals surface area (Å²) >= 11 is 12.5. The van der Waals surface area contributed by atoms with Gasteiger partial charge in [-0.25, -0.2) is 18.6 Å². The number of halogens is 2. The molecule has 7 rings (SSSR count). The highest BCUT2D eigenvalue weighted by molar-refractivity contribution is 7.86. The minimum Gasteiger partial charge on any atom is -0.378 e. The Labute approximate surface area is 272 Å². The van der Waals surface area contributed by atoms with E-state index in [-0.39, 0.29) is 5.82 Å². The van der Waals surface area contributed by atoms with Crippen molar-refractivity contribution in [2.75, 3.05) is 72.3 Å². The number of anilines is 4. The van der Waals surface area contributed by atoms with Crippen LogP contribution in [0.2, 0.25) is 5.02 Å². The lowest BCUT2D eigenvalue weighted by Gasteiger charge is -2.37. The van der Waals surface area contributed by atoms with E-state index in [0.717, 1.165) is 65.3 Å². The van der Waals surface area contributed by atoms with Gasteiger partial charge in [0.25, 0.3) is 0 Å². The highest BCUT2D eigenvalue weighted by Crippen LogP contribution is 2.38. The molecule has 0 bridgehead atoms. The second-order valence-corrected chi connectivity index (χ2v) is 12.8. The molecule has 10 nitrogen and oxygen atoms in total. The number of hydrogen-bond acceptors (Lipinski definition) is 7. The fourth-order valence-electron chi connectivity index (χ4n) is 5.67. The van der Waals surface area contributed by atoms with Crippen LogP contribution in [-0.4, -0.2) is 81.7 Å². The summed E-state index contributed by atoms with van der Waals surface area (Å²) in [6.07, 6.45) is 1.60. The number of nitrogens with zero attached hydrogens (tertiary/aromatic N) is 5. The van der Waals surface area contributed by atoms with Crippen molar-refractivity contribution in [3.05, 3.63) is 77.8 Å². The van der Waals surface area contributed by atoms with Crippen LogP contribution in [0, 0.1) is 5.82 Å². The highest BCUT2D eigenvalue weighted by Gasteiger charge is 2.24. The second kappa shape index (κ2) is 12.8. The maximum absolute atomic E-state index is 13.2. The topological polar surface area (TPSA) is 102 Å². The summed E-state index contributed by atoms with van der Waals surface area (Å²) in [7, 11) is -1.48. The van der Waals surface area contributed by atoms with Gasteiger partial charge in [0.2, 0.25) is 0 Å².